The van der Waals surface area contributed by atoms with Crippen LogP contribution in [-0.2, 0) is 5.88 Å². The van der Waals surface area contributed by atoms with Gasteiger partial charge in [0.2, 0.25) is 0 Å². The minimum absolute atomic E-state index is 0.327. The first-order valence-corrected chi connectivity index (χ1v) is 7.37. The van der Waals surface area contributed by atoms with Gasteiger partial charge in [0.05, 0.1) is 11.6 Å². The number of para-hydroxylation sites is 1. The van der Waals surface area contributed by atoms with Crippen LogP contribution in [-0.4, -0.2) is 14.8 Å². The zero-order chi connectivity index (χ0) is 14.8. The maximum absolute atomic E-state index is 6.04. The summed E-state index contributed by atoms with van der Waals surface area (Å²) in [6.07, 6.45) is 0. The van der Waals surface area contributed by atoms with Crippen molar-refractivity contribution in [2.75, 3.05) is 0 Å². The molecule has 0 fully saturated rings. The van der Waals surface area contributed by atoms with E-state index < -0.39 is 0 Å². The lowest BCUT2D eigenvalue weighted by molar-refractivity contribution is 0.946. The molecule has 0 saturated heterocycles. The van der Waals surface area contributed by atoms with Crippen LogP contribution in [0.5, 0.6) is 0 Å². The molecule has 0 unspecified atom stereocenters. The molecule has 3 aromatic rings. The fraction of sp³-hybridized carbons (Fsp3) is 0.176. The van der Waals surface area contributed by atoms with Crippen LogP contribution >= 0.6 is 11.6 Å². The monoisotopic (exact) mass is 297 g/mol. The zero-order valence-electron chi connectivity index (χ0n) is 12.0. The molecule has 0 N–H and O–H groups in total. The van der Waals surface area contributed by atoms with Gasteiger partial charge in [0, 0.05) is 5.56 Å². The van der Waals surface area contributed by atoms with Crippen molar-refractivity contribution in [3.63, 3.8) is 0 Å². The summed E-state index contributed by atoms with van der Waals surface area (Å²) in [7, 11) is 0. The molecule has 2 aromatic carbocycles. The first kappa shape index (κ1) is 13.8. The van der Waals surface area contributed by atoms with Gasteiger partial charge in [-0.1, -0.05) is 48.0 Å². The highest BCUT2D eigenvalue weighted by atomic mass is 35.5. The van der Waals surface area contributed by atoms with Gasteiger partial charge in [0.1, 0.15) is 0 Å². The normalized spacial score (nSPS) is 10.8. The molecule has 3 rings (SSSR count). The van der Waals surface area contributed by atoms with E-state index in [4.69, 9.17) is 11.6 Å². The third-order valence-electron chi connectivity index (χ3n) is 3.52. The van der Waals surface area contributed by atoms with Crippen molar-refractivity contribution in [3.05, 3.63) is 65.5 Å². The number of hydrogen-bond acceptors (Lipinski definition) is 2. The van der Waals surface area contributed by atoms with E-state index in [0.717, 1.165) is 28.5 Å². The predicted molar refractivity (Wildman–Crippen MR) is 85.8 cm³/mol. The molecule has 21 heavy (non-hydrogen) atoms. The summed E-state index contributed by atoms with van der Waals surface area (Å²) in [4.78, 5) is 0. The zero-order valence-corrected chi connectivity index (χ0v) is 12.8. The Morgan fingerprint density at radius 2 is 1.67 bits per heavy atom. The van der Waals surface area contributed by atoms with Crippen LogP contribution in [0.15, 0.2) is 48.5 Å². The van der Waals surface area contributed by atoms with E-state index in [1.807, 2.05) is 16.7 Å². The number of benzene rings is 2. The summed E-state index contributed by atoms with van der Waals surface area (Å²) in [5.41, 5.74) is 4.48. The fourth-order valence-electron chi connectivity index (χ4n) is 2.36. The van der Waals surface area contributed by atoms with Crippen LogP contribution in [0.25, 0.3) is 17.1 Å². The SMILES string of the molecule is Cc1ccc(-c2nnc(CCl)n2-c2ccccc2C)cc1. The Labute approximate surface area is 129 Å². The lowest BCUT2D eigenvalue weighted by atomic mass is 10.1. The standard InChI is InChI=1S/C17H16ClN3/c1-12-7-9-14(10-8-12)17-20-19-16(11-18)21(17)15-6-4-3-5-13(15)2/h3-10H,11H2,1-2H3. The van der Waals surface area contributed by atoms with Gasteiger partial charge in [0.25, 0.3) is 0 Å². The number of hydrogen-bond donors (Lipinski definition) is 0. The van der Waals surface area contributed by atoms with E-state index in [0.29, 0.717) is 5.88 Å². The summed E-state index contributed by atoms with van der Waals surface area (Å²) < 4.78 is 2.03. The van der Waals surface area contributed by atoms with Crippen molar-refractivity contribution in [2.45, 2.75) is 19.7 Å². The first-order valence-electron chi connectivity index (χ1n) is 6.84. The lowest BCUT2D eigenvalue weighted by Crippen LogP contribution is -2.03. The number of nitrogens with zero attached hydrogens (tertiary/aromatic N) is 3. The highest BCUT2D eigenvalue weighted by Gasteiger charge is 2.15. The Morgan fingerprint density at radius 1 is 0.952 bits per heavy atom. The fourth-order valence-corrected chi connectivity index (χ4v) is 2.53. The topological polar surface area (TPSA) is 30.7 Å². The molecular weight excluding hydrogens is 282 g/mol. The van der Waals surface area contributed by atoms with E-state index in [1.165, 1.54) is 5.56 Å². The van der Waals surface area contributed by atoms with Crippen molar-refractivity contribution in [1.29, 1.82) is 0 Å². The second-order valence-corrected chi connectivity index (χ2v) is 5.33. The van der Waals surface area contributed by atoms with Crippen molar-refractivity contribution >= 4 is 11.6 Å². The second-order valence-electron chi connectivity index (χ2n) is 5.06. The van der Waals surface area contributed by atoms with Gasteiger partial charge in [-0.2, -0.15) is 0 Å². The molecule has 0 radical (unpaired) electrons. The summed E-state index contributed by atoms with van der Waals surface area (Å²) in [6, 6.07) is 16.4. The van der Waals surface area contributed by atoms with Gasteiger partial charge in [-0.05, 0) is 25.5 Å². The van der Waals surface area contributed by atoms with E-state index in [9.17, 15) is 0 Å². The Balaban J connectivity index is 2.22. The van der Waals surface area contributed by atoms with Gasteiger partial charge in [-0.15, -0.1) is 21.8 Å². The van der Waals surface area contributed by atoms with Crippen molar-refractivity contribution < 1.29 is 0 Å². The highest BCUT2D eigenvalue weighted by molar-refractivity contribution is 6.16. The van der Waals surface area contributed by atoms with Crippen molar-refractivity contribution in [3.8, 4) is 17.1 Å². The van der Waals surface area contributed by atoms with Gasteiger partial charge in [0.15, 0.2) is 11.6 Å². The van der Waals surface area contributed by atoms with Crippen LogP contribution < -0.4 is 0 Å². The summed E-state index contributed by atoms with van der Waals surface area (Å²) in [5, 5.41) is 8.56. The minimum atomic E-state index is 0.327. The van der Waals surface area contributed by atoms with Gasteiger partial charge in [-0.25, -0.2) is 0 Å². The van der Waals surface area contributed by atoms with Crippen LogP contribution in [0, 0.1) is 13.8 Å². The largest absolute Gasteiger partial charge is 0.278 e. The third-order valence-corrected chi connectivity index (χ3v) is 3.75. The number of alkyl halides is 1. The molecule has 0 atom stereocenters. The Hall–Kier alpha value is -2.13. The van der Waals surface area contributed by atoms with Crippen LogP contribution in [0.4, 0.5) is 0 Å². The number of aromatic nitrogens is 3. The molecule has 1 aromatic heterocycles. The second kappa shape index (κ2) is 5.70. The molecule has 0 spiro atoms. The molecule has 0 saturated carbocycles. The smallest absolute Gasteiger partial charge is 0.168 e. The van der Waals surface area contributed by atoms with E-state index in [2.05, 4.69) is 60.4 Å². The first-order chi connectivity index (χ1) is 10.2. The van der Waals surface area contributed by atoms with E-state index in [-0.39, 0.29) is 0 Å². The Bertz CT molecular complexity index is 760. The minimum Gasteiger partial charge on any atom is -0.278 e. The highest BCUT2D eigenvalue weighted by Crippen LogP contribution is 2.25. The number of halogens is 1. The van der Waals surface area contributed by atoms with Crippen LogP contribution in [0.1, 0.15) is 17.0 Å². The summed E-state index contributed by atoms with van der Waals surface area (Å²) in [6.45, 7) is 4.15. The predicted octanol–water partition coefficient (Wildman–Crippen LogP) is 4.29. The number of rotatable bonds is 3. The van der Waals surface area contributed by atoms with Gasteiger partial charge < -0.3 is 0 Å². The molecule has 0 aliphatic heterocycles. The quantitative estimate of drug-likeness (QED) is 0.675. The molecule has 0 amide bonds. The molecule has 0 bridgehead atoms. The van der Waals surface area contributed by atoms with Crippen molar-refractivity contribution in [2.24, 2.45) is 0 Å². The lowest BCUT2D eigenvalue weighted by Gasteiger charge is -2.12. The van der Waals surface area contributed by atoms with Crippen LogP contribution in [0.3, 0.4) is 0 Å². The van der Waals surface area contributed by atoms with E-state index >= 15 is 0 Å². The molecule has 1 heterocycles. The Kier molecular flexibility index (Phi) is 3.76. The average Bonchev–Trinajstić information content (AvgIpc) is 2.92. The summed E-state index contributed by atoms with van der Waals surface area (Å²) >= 11 is 6.04. The van der Waals surface area contributed by atoms with Crippen molar-refractivity contribution in [1.82, 2.24) is 14.8 Å². The molecule has 106 valence electrons. The molecule has 0 aliphatic carbocycles. The Morgan fingerprint density at radius 3 is 2.33 bits per heavy atom. The third kappa shape index (κ3) is 2.57. The van der Waals surface area contributed by atoms with Gasteiger partial charge in [-0.3, -0.25) is 4.57 Å². The average molecular weight is 298 g/mol. The maximum Gasteiger partial charge on any atom is 0.168 e. The van der Waals surface area contributed by atoms with E-state index in [1.54, 1.807) is 0 Å². The summed E-state index contributed by atoms with van der Waals surface area (Å²) in [5.74, 6) is 1.90. The van der Waals surface area contributed by atoms with Gasteiger partial charge >= 0.3 is 0 Å². The molecule has 0 aliphatic rings. The maximum atomic E-state index is 6.04. The number of aryl methyl sites for hydroxylation is 2. The molecule has 4 heteroatoms. The molecule has 3 nitrogen and oxygen atoms in total. The molecular formula is C17H16ClN3. The van der Waals surface area contributed by atoms with Crippen LogP contribution in [0.2, 0.25) is 0 Å².